The molecule has 33 heavy (non-hydrogen) atoms. The van der Waals surface area contributed by atoms with Crippen molar-refractivity contribution in [1.29, 1.82) is 0 Å². The molecule has 176 valence electrons. The first kappa shape index (κ1) is 22.5. The number of rotatable bonds is 3. The third-order valence-electron chi connectivity index (χ3n) is 7.09. The predicted octanol–water partition coefficient (Wildman–Crippen LogP) is 5.66. The molecule has 2 aliphatic heterocycles. The molecule has 2 aliphatic carbocycles. The zero-order valence-electron chi connectivity index (χ0n) is 19.4. The van der Waals surface area contributed by atoms with E-state index in [1.807, 2.05) is 19.1 Å². The van der Waals surface area contributed by atoms with Crippen LogP contribution < -0.4 is 14.8 Å². The zero-order valence-corrected chi connectivity index (χ0v) is 21.0. The van der Waals surface area contributed by atoms with E-state index in [1.54, 1.807) is 0 Å². The third-order valence-corrected chi connectivity index (χ3v) is 7.78. The van der Waals surface area contributed by atoms with Crippen LogP contribution in [0.1, 0.15) is 77.2 Å². The first-order valence-corrected chi connectivity index (χ1v) is 12.6. The number of benzene rings is 1. The van der Waals surface area contributed by atoms with Gasteiger partial charge >= 0.3 is 5.97 Å². The Bertz CT molecular complexity index is 1080. The van der Waals surface area contributed by atoms with Gasteiger partial charge in [-0.05, 0) is 62.1 Å². The molecule has 0 unspecified atom stereocenters. The number of carbonyl (C=O) groups excluding carboxylic acids is 2. The zero-order chi connectivity index (χ0) is 23.3. The molecule has 0 bridgehead atoms. The van der Waals surface area contributed by atoms with Crippen molar-refractivity contribution in [2.45, 2.75) is 77.7 Å². The number of carbonyl (C=O) groups is 2. The second kappa shape index (κ2) is 8.49. The van der Waals surface area contributed by atoms with Gasteiger partial charge in [-0.15, -0.1) is 0 Å². The topological polar surface area (TPSA) is 73.9 Å². The van der Waals surface area contributed by atoms with Gasteiger partial charge in [0.2, 0.25) is 6.79 Å². The molecule has 0 saturated heterocycles. The number of Topliss-reactive ketones (excluding diaryl/α,β-unsaturated/α-hetero) is 1. The van der Waals surface area contributed by atoms with Gasteiger partial charge in [0, 0.05) is 33.8 Å². The maximum Gasteiger partial charge on any atom is 0.337 e. The van der Waals surface area contributed by atoms with Crippen LogP contribution in [0.15, 0.2) is 39.1 Å². The van der Waals surface area contributed by atoms with E-state index in [2.05, 4.69) is 35.1 Å². The highest BCUT2D eigenvalue weighted by molar-refractivity contribution is 9.10. The van der Waals surface area contributed by atoms with Gasteiger partial charge in [0.05, 0.1) is 5.57 Å². The normalized spacial score (nSPS) is 24.5. The van der Waals surface area contributed by atoms with E-state index >= 15 is 0 Å². The van der Waals surface area contributed by atoms with Crippen LogP contribution >= 0.6 is 15.9 Å². The molecule has 0 spiro atoms. The second-order valence-electron chi connectivity index (χ2n) is 10.3. The van der Waals surface area contributed by atoms with Crippen LogP contribution in [0.25, 0.3) is 0 Å². The molecule has 4 aliphatic rings. The number of fused-ring (bicyclic) bond motifs is 1. The Balaban J connectivity index is 1.60. The average molecular weight is 516 g/mol. The second-order valence-corrected chi connectivity index (χ2v) is 11.2. The molecule has 1 N–H and O–H groups in total. The van der Waals surface area contributed by atoms with Gasteiger partial charge in [0.15, 0.2) is 17.3 Å². The summed E-state index contributed by atoms with van der Waals surface area (Å²) in [4.78, 5) is 27.1. The van der Waals surface area contributed by atoms with Crippen molar-refractivity contribution in [3.8, 4) is 11.5 Å². The number of halogens is 1. The quantitative estimate of drug-likeness (QED) is 0.523. The minimum atomic E-state index is -0.523. The Morgan fingerprint density at radius 3 is 2.55 bits per heavy atom. The van der Waals surface area contributed by atoms with Crippen molar-refractivity contribution in [2.75, 3.05) is 6.79 Å². The maximum atomic E-state index is 13.6. The van der Waals surface area contributed by atoms with E-state index in [0.717, 1.165) is 53.5 Å². The Kier molecular flexibility index (Phi) is 5.79. The number of allylic oxidation sites excluding steroid dienone is 3. The Hall–Kier alpha value is -2.28. The van der Waals surface area contributed by atoms with Crippen LogP contribution in [-0.2, 0) is 14.3 Å². The highest BCUT2D eigenvalue weighted by Crippen LogP contribution is 2.50. The van der Waals surface area contributed by atoms with Gasteiger partial charge in [-0.25, -0.2) is 4.79 Å². The summed E-state index contributed by atoms with van der Waals surface area (Å²) < 4.78 is 17.9. The molecule has 1 atom stereocenters. The van der Waals surface area contributed by atoms with Crippen LogP contribution in [0.5, 0.6) is 11.5 Å². The van der Waals surface area contributed by atoms with Gasteiger partial charge in [-0.1, -0.05) is 36.2 Å². The SMILES string of the molecule is CC1=C(C(=O)OC2CCCCC2)[C@H](c2cc3c(cc2Br)OCO3)C2=C(CC(C)(C)CC2=O)N1. The summed E-state index contributed by atoms with van der Waals surface area (Å²) in [5, 5.41) is 3.41. The van der Waals surface area contributed by atoms with Crippen LogP contribution in [0, 0.1) is 5.41 Å². The molecule has 2 heterocycles. The molecule has 1 aromatic rings. The van der Waals surface area contributed by atoms with Crippen molar-refractivity contribution in [2.24, 2.45) is 5.41 Å². The van der Waals surface area contributed by atoms with Gasteiger partial charge in [0.25, 0.3) is 0 Å². The van der Waals surface area contributed by atoms with E-state index in [-0.39, 0.29) is 30.1 Å². The van der Waals surface area contributed by atoms with Crippen LogP contribution in [-0.4, -0.2) is 24.6 Å². The molecular weight excluding hydrogens is 486 g/mol. The fourth-order valence-corrected chi connectivity index (χ4v) is 6.12. The number of esters is 1. The minimum Gasteiger partial charge on any atom is -0.459 e. The molecule has 1 saturated carbocycles. The highest BCUT2D eigenvalue weighted by atomic mass is 79.9. The summed E-state index contributed by atoms with van der Waals surface area (Å²) in [6.07, 6.45) is 6.25. The summed E-state index contributed by atoms with van der Waals surface area (Å²) in [5.74, 6) is 0.473. The molecule has 6 nitrogen and oxygen atoms in total. The lowest BCUT2D eigenvalue weighted by atomic mass is 9.68. The number of ether oxygens (including phenoxy) is 3. The van der Waals surface area contributed by atoms with Crippen LogP contribution in [0.4, 0.5) is 0 Å². The molecule has 0 radical (unpaired) electrons. The molecule has 7 heteroatoms. The summed E-state index contributed by atoms with van der Waals surface area (Å²) in [7, 11) is 0. The summed E-state index contributed by atoms with van der Waals surface area (Å²) >= 11 is 3.67. The van der Waals surface area contributed by atoms with E-state index in [0.29, 0.717) is 29.1 Å². The van der Waals surface area contributed by atoms with Crippen LogP contribution in [0.3, 0.4) is 0 Å². The lowest BCUT2D eigenvalue weighted by molar-refractivity contribution is -0.146. The fourth-order valence-electron chi connectivity index (χ4n) is 5.57. The highest BCUT2D eigenvalue weighted by Gasteiger charge is 2.44. The van der Waals surface area contributed by atoms with E-state index < -0.39 is 5.92 Å². The molecule has 5 rings (SSSR count). The van der Waals surface area contributed by atoms with Gasteiger partial charge in [-0.3, -0.25) is 4.79 Å². The first-order valence-electron chi connectivity index (χ1n) is 11.8. The minimum absolute atomic E-state index is 0.0660. The van der Waals surface area contributed by atoms with E-state index in [4.69, 9.17) is 14.2 Å². The molecule has 0 aromatic heterocycles. The number of dihydropyridines is 1. The van der Waals surface area contributed by atoms with Gasteiger partial charge in [0.1, 0.15) is 6.10 Å². The molecule has 0 amide bonds. The lowest BCUT2D eigenvalue weighted by Gasteiger charge is -2.40. The average Bonchev–Trinajstić information content (AvgIpc) is 3.19. The monoisotopic (exact) mass is 515 g/mol. The Morgan fingerprint density at radius 2 is 1.82 bits per heavy atom. The largest absolute Gasteiger partial charge is 0.459 e. The van der Waals surface area contributed by atoms with Crippen molar-refractivity contribution < 1.29 is 23.8 Å². The number of ketones is 1. The van der Waals surface area contributed by atoms with Crippen molar-refractivity contribution >= 4 is 27.7 Å². The summed E-state index contributed by atoms with van der Waals surface area (Å²) in [5.41, 5.74) is 3.49. The van der Waals surface area contributed by atoms with Crippen molar-refractivity contribution in [3.05, 3.63) is 44.7 Å². The Labute approximate surface area is 202 Å². The smallest absolute Gasteiger partial charge is 0.337 e. The van der Waals surface area contributed by atoms with E-state index in [9.17, 15) is 9.59 Å². The lowest BCUT2D eigenvalue weighted by Crippen LogP contribution is -2.39. The van der Waals surface area contributed by atoms with Gasteiger partial charge < -0.3 is 19.5 Å². The van der Waals surface area contributed by atoms with Crippen molar-refractivity contribution in [3.63, 3.8) is 0 Å². The fraction of sp³-hybridized carbons (Fsp3) is 0.538. The summed E-state index contributed by atoms with van der Waals surface area (Å²) in [6.45, 7) is 6.27. The molecular formula is C26H30BrNO5. The first-order chi connectivity index (χ1) is 15.7. The van der Waals surface area contributed by atoms with Gasteiger partial charge in [-0.2, -0.15) is 0 Å². The third kappa shape index (κ3) is 4.20. The predicted molar refractivity (Wildman–Crippen MR) is 127 cm³/mol. The number of hydrogen-bond donors (Lipinski definition) is 1. The van der Waals surface area contributed by atoms with E-state index in [1.165, 1.54) is 6.42 Å². The summed E-state index contributed by atoms with van der Waals surface area (Å²) in [6, 6.07) is 3.75. The maximum absolute atomic E-state index is 13.6. The molecule has 1 fully saturated rings. The number of hydrogen-bond acceptors (Lipinski definition) is 6. The Morgan fingerprint density at radius 1 is 1.12 bits per heavy atom. The molecule has 1 aromatic carbocycles. The van der Waals surface area contributed by atoms with Crippen LogP contribution in [0.2, 0.25) is 0 Å². The van der Waals surface area contributed by atoms with Crippen molar-refractivity contribution in [1.82, 2.24) is 5.32 Å². The number of nitrogens with one attached hydrogen (secondary N) is 1. The standard InChI is InChI=1S/C26H30BrNO5/c1-14-22(25(30)33-15-7-5-4-6-8-15)23(16-9-20-21(10-17(16)27)32-13-31-20)24-18(28-14)11-26(2,3)12-19(24)29/h9-10,15,23,28H,4-8,11-13H2,1-3H3/t23-/m0/s1.